The minimum Gasteiger partial charge on any atom is -0.550 e. The molecule has 1 aliphatic rings. The van der Waals surface area contributed by atoms with Gasteiger partial charge < -0.3 is 14.7 Å². The number of rotatable bonds is 3. The van der Waals surface area contributed by atoms with Gasteiger partial charge in [-0.2, -0.15) is 0 Å². The summed E-state index contributed by atoms with van der Waals surface area (Å²) in [5, 5.41) is 13.1. The lowest BCUT2D eigenvalue weighted by Crippen LogP contribution is -2.63. The molecule has 0 bridgehead atoms. The van der Waals surface area contributed by atoms with Crippen molar-refractivity contribution in [2.45, 2.75) is 51.6 Å². The zero-order valence-electron chi connectivity index (χ0n) is 12.6. The van der Waals surface area contributed by atoms with Gasteiger partial charge in [-0.05, 0) is 52.7 Å². The Balaban J connectivity index is 2.25. The molecule has 4 nitrogen and oxygen atoms in total. The average Bonchev–Trinajstić information content (AvgIpc) is 2.34. The summed E-state index contributed by atoms with van der Waals surface area (Å²) in [6.07, 6.45) is 1.04. The summed E-state index contributed by atoms with van der Waals surface area (Å²) in [6, 6.07) is 9.58. The van der Waals surface area contributed by atoms with Crippen LogP contribution < -0.4 is 9.94 Å². The Morgan fingerprint density at radius 1 is 1.15 bits per heavy atom. The summed E-state index contributed by atoms with van der Waals surface area (Å²) in [4.78, 5) is 17.3. The topological polar surface area (TPSA) is 52.6 Å². The normalized spacial score (nSPS) is 22.4. The SMILES string of the molecule is CC1(C)CC(C(=O)[O-])CC(C)(C)N1Oc1ccccc1. The molecule has 0 aromatic heterocycles. The van der Waals surface area contributed by atoms with E-state index in [2.05, 4.69) is 0 Å². The fraction of sp³-hybridized carbons (Fsp3) is 0.562. The van der Waals surface area contributed by atoms with Crippen LogP contribution in [0.25, 0.3) is 0 Å². The minimum atomic E-state index is -0.967. The smallest absolute Gasteiger partial charge is 0.147 e. The van der Waals surface area contributed by atoms with Crippen LogP contribution in [-0.4, -0.2) is 22.1 Å². The number of hydrogen-bond donors (Lipinski definition) is 0. The second-order valence-electron chi connectivity index (χ2n) is 6.75. The number of carbonyl (C=O) groups excluding carboxylic acids is 1. The lowest BCUT2D eigenvalue weighted by molar-refractivity contribution is -0.319. The Morgan fingerprint density at radius 2 is 1.65 bits per heavy atom. The highest BCUT2D eigenvalue weighted by Crippen LogP contribution is 2.41. The maximum atomic E-state index is 11.2. The molecule has 0 spiro atoms. The summed E-state index contributed by atoms with van der Waals surface area (Å²) in [5.74, 6) is -0.637. The zero-order valence-corrected chi connectivity index (χ0v) is 12.6. The highest BCUT2D eigenvalue weighted by molar-refractivity contribution is 5.68. The fourth-order valence-corrected chi connectivity index (χ4v) is 3.26. The van der Waals surface area contributed by atoms with Crippen molar-refractivity contribution in [3.05, 3.63) is 30.3 Å². The minimum absolute atomic E-state index is 0.373. The highest BCUT2D eigenvalue weighted by atomic mass is 16.7. The van der Waals surface area contributed by atoms with Gasteiger partial charge in [-0.1, -0.05) is 18.2 Å². The predicted molar refractivity (Wildman–Crippen MR) is 74.8 cm³/mol. The molecule has 0 saturated carbocycles. The molecule has 0 amide bonds. The van der Waals surface area contributed by atoms with Crippen molar-refractivity contribution in [3.8, 4) is 5.75 Å². The Bertz CT molecular complexity index is 464. The molecule has 110 valence electrons. The molecule has 4 heteroatoms. The Hall–Kier alpha value is -1.55. The van der Waals surface area contributed by atoms with Gasteiger partial charge in [-0.25, -0.2) is 0 Å². The summed E-state index contributed by atoms with van der Waals surface area (Å²) in [7, 11) is 0. The van der Waals surface area contributed by atoms with Gasteiger partial charge in [0.25, 0.3) is 0 Å². The van der Waals surface area contributed by atoms with Gasteiger partial charge in [0.05, 0.1) is 11.1 Å². The third-order valence-electron chi connectivity index (χ3n) is 3.86. The standard InChI is InChI=1S/C16H23NO3/c1-15(2)10-12(14(18)19)11-16(3,4)17(15)20-13-8-6-5-7-9-13/h5-9,12H,10-11H2,1-4H3,(H,18,19)/p-1. The second-order valence-corrected chi connectivity index (χ2v) is 6.75. The van der Waals surface area contributed by atoms with Crippen molar-refractivity contribution in [2.75, 3.05) is 0 Å². The van der Waals surface area contributed by atoms with Crippen LogP contribution in [0.15, 0.2) is 30.3 Å². The van der Waals surface area contributed by atoms with Gasteiger partial charge in [-0.15, -0.1) is 5.06 Å². The van der Waals surface area contributed by atoms with E-state index < -0.39 is 11.9 Å². The van der Waals surface area contributed by atoms with Crippen LogP contribution in [0.2, 0.25) is 0 Å². The molecule has 1 fully saturated rings. The lowest BCUT2D eigenvalue weighted by atomic mass is 9.75. The summed E-state index contributed by atoms with van der Waals surface area (Å²) in [5.41, 5.74) is -0.745. The van der Waals surface area contributed by atoms with Crippen molar-refractivity contribution >= 4 is 5.97 Å². The van der Waals surface area contributed by atoms with Crippen LogP contribution in [0.1, 0.15) is 40.5 Å². The van der Waals surface area contributed by atoms with Crippen LogP contribution in [0, 0.1) is 5.92 Å². The van der Waals surface area contributed by atoms with Crippen molar-refractivity contribution < 1.29 is 14.7 Å². The maximum Gasteiger partial charge on any atom is 0.147 e. The van der Waals surface area contributed by atoms with E-state index >= 15 is 0 Å². The maximum absolute atomic E-state index is 11.2. The molecule has 2 rings (SSSR count). The predicted octanol–water partition coefficient (Wildman–Crippen LogP) is 2.00. The van der Waals surface area contributed by atoms with Gasteiger partial charge in [0.2, 0.25) is 0 Å². The number of para-hydroxylation sites is 1. The molecule has 0 N–H and O–H groups in total. The summed E-state index contributed by atoms with van der Waals surface area (Å²) >= 11 is 0. The number of nitrogens with zero attached hydrogens (tertiary/aromatic N) is 1. The van der Waals surface area contributed by atoms with E-state index in [1.54, 1.807) is 0 Å². The van der Waals surface area contributed by atoms with E-state index in [0.29, 0.717) is 12.8 Å². The number of hydroxylamine groups is 2. The Labute approximate surface area is 120 Å². The first-order chi connectivity index (χ1) is 9.22. The molecular weight excluding hydrogens is 254 g/mol. The molecule has 0 aliphatic carbocycles. The molecule has 1 aromatic rings. The molecule has 1 saturated heterocycles. The molecule has 0 unspecified atom stereocenters. The number of carbonyl (C=O) groups is 1. The van der Waals surface area contributed by atoms with Crippen LogP contribution in [-0.2, 0) is 4.79 Å². The molecule has 20 heavy (non-hydrogen) atoms. The zero-order chi connectivity index (χ0) is 15.0. The van der Waals surface area contributed by atoms with Gasteiger partial charge in [0, 0.05) is 11.9 Å². The van der Waals surface area contributed by atoms with Gasteiger partial charge in [0.15, 0.2) is 0 Å². The lowest BCUT2D eigenvalue weighted by Gasteiger charge is -2.53. The van der Waals surface area contributed by atoms with E-state index in [1.165, 1.54) is 0 Å². The van der Waals surface area contributed by atoms with Gasteiger partial charge >= 0.3 is 0 Å². The van der Waals surface area contributed by atoms with Crippen LogP contribution in [0.3, 0.4) is 0 Å². The summed E-state index contributed by atoms with van der Waals surface area (Å²) in [6.45, 7) is 8.03. The first-order valence-corrected chi connectivity index (χ1v) is 6.97. The average molecular weight is 276 g/mol. The van der Waals surface area contributed by atoms with E-state index in [9.17, 15) is 9.90 Å². The number of benzene rings is 1. The van der Waals surface area contributed by atoms with E-state index in [4.69, 9.17) is 4.84 Å². The van der Waals surface area contributed by atoms with Gasteiger partial charge in [-0.3, -0.25) is 0 Å². The monoisotopic (exact) mass is 276 g/mol. The largest absolute Gasteiger partial charge is 0.550 e. The molecule has 1 aliphatic heterocycles. The molecular formula is C16H22NO3-. The molecule has 1 heterocycles. The fourth-order valence-electron chi connectivity index (χ4n) is 3.26. The molecule has 0 radical (unpaired) electrons. The first kappa shape index (κ1) is 14.9. The summed E-state index contributed by atoms with van der Waals surface area (Å²) < 4.78 is 0. The first-order valence-electron chi connectivity index (χ1n) is 6.97. The number of hydrogen-bond acceptors (Lipinski definition) is 4. The van der Waals surface area contributed by atoms with E-state index in [0.717, 1.165) is 5.75 Å². The number of carboxylic acid groups (broad SMARTS) is 1. The van der Waals surface area contributed by atoms with E-state index in [-0.39, 0.29) is 11.1 Å². The number of aliphatic carboxylic acids is 1. The number of piperidine rings is 1. The van der Waals surface area contributed by atoms with Gasteiger partial charge in [0.1, 0.15) is 5.75 Å². The van der Waals surface area contributed by atoms with Crippen molar-refractivity contribution in [1.29, 1.82) is 0 Å². The van der Waals surface area contributed by atoms with Crippen LogP contribution in [0.4, 0.5) is 0 Å². The van der Waals surface area contributed by atoms with Crippen molar-refractivity contribution in [2.24, 2.45) is 5.92 Å². The van der Waals surface area contributed by atoms with Crippen molar-refractivity contribution in [1.82, 2.24) is 5.06 Å². The number of carboxylic acids is 1. The highest BCUT2D eigenvalue weighted by Gasteiger charge is 2.47. The molecule has 0 atom stereocenters. The third kappa shape index (κ3) is 2.96. The second kappa shape index (κ2) is 5.09. The molecule has 1 aromatic carbocycles. The third-order valence-corrected chi connectivity index (χ3v) is 3.86. The van der Waals surface area contributed by atoms with Crippen LogP contribution in [0.5, 0.6) is 5.75 Å². The Kier molecular flexibility index (Phi) is 3.78. The Morgan fingerprint density at radius 3 is 2.10 bits per heavy atom. The van der Waals surface area contributed by atoms with Crippen LogP contribution >= 0.6 is 0 Å². The van der Waals surface area contributed by atoms with E-state index in [1.807, 2.05) is 63.1 Å². The quantitative estimate of drug-likeness (QED) is 0.847. The van der Waals surface area contributed by atoms with Crippen molar-refractivity contribution in [3.63, 3.8) is 0 Å².